The molecule has 134 valence electrons. The second kappa shape index (κ2) is 7.15. The Bertz CT molecular complexity index is 901. The van der Waals surface area contributed by atoms with E-state index >= 15 is 0 Å². The summed E-state index contributed by atoms with van der Waals surface area (Å²) in [4.78, 5) is 8.94. The third-order valence-corrected chi connectivity index (χ3v) is 4.63. The van der Waals surface area contributed by atoms with Crippen molar-refractivity contribution < 1.29 is 4.74 Å². The molecule has 0 radical (unpaired) electrons. The van der Waals surface area contributed by atoms with E-state index in [9.17, 15) is 0 Å². The highest BCUT2D eigenvalue weighted by molar-refractivity contribution is 5.41. The molecule has 1 aliphatic carbocycles. The SMILES string of the molecule is Cc1cc(C)n(-c2cncc(NCc3ccccc3OC3CCC3)n2)n1. The molecule has 0 bridgehead atoms. The van der Waals surface area contributed by atoms with Gasteiger partial charge in [0, 0.05) is 17.8 Å². The van der Waals surface area contributed by atoms with Crippen LogP contribution in [0.5, 0.6) is 5.75 Å². The molecule has 0 saturated heterocycles. The van der Waals surface area contributed by atoms with Gasteiger partial charge in [0.15, 0.2) is 5.82 Å². The Balaban J connectivity index is 1.48. The minimum absolute atomic E-state index is 0.366. The molecule has 2 aromatic heterocycles. The van der Waals surface area contributed by atoms with E-state index in [1.807, 2.05) is 38.1 Å². The maximum absolute atomic E-state index is 6.09. The van der Waals surface area contributed by atoms with Crippen LogP contribution in [0.3, 0.4) is 0 Å². The van der Waals surface area contributed by atoms with Crippen LogP contribution in [0, 0.1) is 13.8 Å². The fourth-order valence-electron chi connectivity index (χ4n) is 3.02. The highest BCUT2D eigenvalue weighted by Gasteiger charge is 2.20. The van der Waals surface area contributed by atoms with Gasteiger partial charge in [0.25, 0.3) is 0 Å². The molecule has 1 aliphatic rings. The van der Waals surface area contributed by atoms with Gasteiger partial charge in [-0.2, -0.15) is 5.10 Å². The molecule has 3 aromatic rings. The van der Waals surface area contributed by atoms with E-state index in [2.05, 4.69) is 26.4 Å². The topological polar surface area (TPSA) is 64.9 Å². The second-order valence-corrected chi connectivity index (χ2v) is 6.73. The molecule has 0 amide bonds. The number of para-hydroxylation sites is 1. The van der Waals surface area contributed by atoms with Crippen LogP contribution >= 0.6 is 0 Å². The predicted octanol–water partition coefficient (Wildman–Crippen LogP) is 3.82. The average Bonchev–Trinajstić information content (AvgIpc) is 2.96. The monoisotopic (exact) mass is 349 g/mol. The number of rotatable bonds is 6. The minimum Gasteiger partial charge on any atom is -0.490 e. The summed E-state index contributed by atoms with van der Waals surface area (Å²) in [5, 5.41) is 7.82. The first-order valence-electron chi connectivity index (χ1n) is 9.03. The normalized spacial score (nSPS) is 14.1. The lowest BCUT2D eigenvalue weighted by molar-refractivity contribution is 0.119. The zero-order valence-electron chi connectivity index (χ0n) is 15.1. The molecule has 2 heterocycles. The predicted molar refractivity (Wildman–Crippen MR) is 101 cm³/mol. The zero-order chi connectivity index (χ0) is 17.9. The maximum Gasteiger partial charge on any atom is 0.174 e. The van der Waals surface area contributed by atoms with Crippen molar-refractivity contribution in [2.75, 3.05) is 5.32 Å². The Kier molecular flexibility index (Phi) is 4.56. The molecule has 0 atom stereocenters. The molecule has 0 aliphatic heterocycles. The van der Waals surface area contributed by atoms with Crippen molar-refractivity contribution in [3.05, 3.63) is 59.7 Å². The molecule has 0 unspecified atom stereocenters. The third-order valence-electron chi connectivity index (χ3n) is 4.63. The molecule has 26 heavy (non-hydrogen) atoms. The maximum atomic E-state index is 6.09. The Labute approximate surface area is 153 Å². The minimum atomic E-state index is 0.366. The van der Waals surface area contributed by atoms with Crippen molar-refractivity contribution in [2.24, 2.45) is 0 Å². The third kappa shape index (κ3) is 3.54. The molecule has 1 aromatic carbocycles. The van der Waals surface area contributed by atoms with Crippen LogP contribution in [-0.2, 0) is 6.54 Å². The van der Waals surface area contributed by atoms with E-state index in [0.717, 1.165) is 35.5 Å². The van der Waals surface area contributed by atoms with Crippen LogP contribution < -0.4 is 10.1 Å². The Morgan fingerprint density at radius 1 is 1.19 bits per heavy atom. The number of benzene rings is 1. The number of hydrogen-bond acceptors (Lipinski definition) is 5. The van der Waals surface area contributed by atoms with Gasteiger partial charge in [0.2, 0.25) is 0 Å². The van der Waals surface area contributed by atoms with Crippen molar-refractivity contribution in [1.82, 2.24) is 19.7 Å². The smallest absolute Gasteiger partial charge is 0.174 e. The zero-order valence-corrected chi connectivity index (χ0v) is 15.1. The highest BCUT2D eigenvalue weighted by Crippen LogP contribution is 2.28. The second-order valence-electron chi connectivity index (χ2n) is 6.73. The number of aryl methyl sites for hydroxylation is 2. The largest absolute Gasteiger partial charge is 0.490 e. The molecule has 6 heteroatoms. The summed E-state index contributed by atoms with van der Waals surface area (Å²) in [6.07, 6.45) is 7.38. The van der Waals surface area contributed by atoms with Crippen LogP contribution in [0.2, 0.25) is 0 Å². The van der Waals surface area contributed by atoms with E-state index in [0.29, 0.717) is 24.3 Å². The number of nitrogens with one attached hydrogen (secondary N) is 1. The van der Waals surface area contributed by atoms with Gasteiger partial charge >= 0.3 is 0 Å². The molecular weight excluding hydrogens is 326 g/mol. The Morgan fingerprint density at radius 2 is 2.04 bits per heavy atom. The van der Waals surface area contributed by atoms with Crippen molar-refractivity contribution in [3.63, 3.8) is 0 Å². The lowest BCUT2D eigenvalue weighted by Gasteiger charge is -2.27. The summed E-state index contributed by atoms with van der Waals surface area (Å²) in [7, 11) is 0. The van der Waals surface area contributed by atoms with Crippen LogP contribution in [0.1, 0.15) is 36.2 Å². The van der Waals surface area contributed by atoms with Crippen LogP contribution in [0.4, 0.5) is 5.82 Å². The lowest BCUT2D eigenvalue weighted by atomic mass is 9.96. The first-order chi connectivity index (χ1) is 12.7. The number of hydrogen-bond donors (Lipinski definition) is 1. The van der Waals surface area contributed by atoms with Gasteiger partial charge in [-0.05, 0) is 45.2 Å². The summed E-state index contributed by atoms with van der Waals surface area (Å²) in [5.41, 5.74) is 3.12. The molecule has 4 rings (SSSR count). The van der Waals surface area contributed by atoms with Crippen molar-refractivity contribution >= 4 is 5.82 Å². The molecular formula is C20H23N5O. The van der Waals surface area contributed by atoms with Gasteiger partial charge in [-0.25, -0.2) is 9.67 Å². The van der Waals surface area contributed by atoms with Crippen molar-refractivity contribution in [2.45, 2.75) is 45.8 Å². The molecule has 6 nitrogen and oxygen atoms in total. The first-order valence-corrected chi connectivity index (χ1v) is 9.03. The van der Waals surface area contributed by atoms with Gasteiger partial charge in [-0.15, -0.1) is 0 Å². The summed E-state index contributed by atoms with van der Waals surface area (Å²) in [5.74, 6) is 2.38. The van der Waals surface area contributed by atoms with Crippen molar-refractivity contribution in [1.29, 1.82) is 0 Å². The number of aromatic nitrogens is 4. The van der Waals surface area contributed by atoms with Crippen LogP contribution in [0.25, 0.3) is 5.82 Å². The molecule has 0 spiro atoms. The summed E-state index contributed by atoms with van der Waals surface area (Å²) in [6, 6.07) is 10.2. The van der Waals surface area contributed by atoms with Crippen LogP contribution in [0.15, 0.2) is 42.7 Å². The Morgan fingerprint density at radius 3 is 2.77 bits per heavy atom. The molecule has 1 fully saturated rings. The molecule has 1 saturated carbocycles. The van der Waals surface area contributed by atoms with E-state index in [4.69, 9.17) is 4.74 Å². The fourth-order valence-corrected chi connectivity index (χ4v) is 3.02. The van der Waals surface area contributed by atoms with Gasteiger partial charge < -0.3 is 10.1 Å². The van der Waals surface area contributed by atoms with Gasteiger partial charge in [-0.1, -0.05) is 18.2 Å². The summed E-state index contributed by atoms with van der Waals surface area (Å²) < 4.78 is 7.90. The van der Waals surface area contributed by atoms with Gasteiger partial charge in [0.05, 0.1) is 24.2 Å². The van der Waals surface area contributed by atoms with Crippen molar-refractivity contribution in [3.8, 4) is 11.6 Å². The number of anilines is 1. The standard InChI is InChI=1S/C20H23N5O/c1-14-10-15(2)25(24-14)20-13-21-12-19(23-20)22-11-16-6-3-4-9-18(16)26-17-7-5-8-17/h3-4,6,9-10,12-13,17H,5,7-8,11H2,1-2H3,(H,22,23). The van der Waals surface area contributed by atoms with E-state index in [1.54, 1.807) is 17.1 Å². The quantitative estimate of drug-likeness (QED) is 0.733. The Hall–Kier alpha value is -2.89. The summed E-state index contributed by atoms with van der Waals surface area (Å²) >= 11 is 0. The first kappa shape index (κ1) is 16.6. The lowest BCUT2D eigenvalue weighted by Crippen LogP contribution is -2.25. The van der Waals surface area contributed by atoms with Crippen LogP contribution in [-0.4, -0.2) is 25.9 Å². The fraction of sp³-hybridized carbons (Fsp3) is 0.350. The highest BCUT2D eigenvalue weighted by atomic mass is 16.5. The van der Waals surface area contributed by atoms with E-state index in [-0.39, 0.29) is 0 Å². The summed E-state index contributed by atoms with van der Waals surface area (Å²) in [6.45, 7) is 4.62. The van der Waals surface area contributed by atoms with E-state index in [1.165, 1.54) is 6.42 Å². The number of ether oxygens (including phenoxy) is 1. The molecule has 1 N–H and O–H groups in total. The number of nitrogens with zero attached hydrogens (tertiary/aromatic N) is 4. The van der Waals surface area contributed by atoms with E-state index < -0.39 is 0 Å². The van der Waals surface area contributed by atoms with Gasteiger partial charge in [0.1, 0.15) is 11.6 Å². The average molecular weight is 349 g/mol. The van der Waals surface area contributed by atoms with Gasteiger partial charge in [-0.3, -0.25) is 4.98 Å².